The molecule has 1 aliphatic heterocycles. The van der Waals surface area contributed by atoms with Gasteiger partial charge in [-0.3, -0.25) is 4.79 Å². The highest BCUT2D eigenvalue weighted by atomic mass is 35.5. The molecule has 5 nitrogen and oxygen atoms in total. The Kier molecular flexibility index (Phi) is 5.84. The Labute approximate surface area is 173 Å². The molecule has 1 heterocycles. The molecule has 2 aromatic carbocycles. The summed E-state index contributed by atoms with van der Waals surface area (Å²) in [5.74, 6) is -3.06. The first-order valence-electron chi connectivity index (χ1n) is 8.38. The van der Waals surface area contributed by atoms with Crippen LogP contribution in [0.15, 0.2) is 53.4 Å². The maximum Gasteiger partial charge on any atom is 0.437 e. The van der Waals surface area contributed by atoms with Gasteiger partial charge in [0, 0.05) is 15.5 Å². The van der Waals surface area contributed by atoms with Gasteiger partial charge < -0.3 is 15.7 Å². The Bertz CT molecular complexity index is 922. The van der Waals surface area contributed by atoms with Crippen LogP contribution in [0.4, 0.5) is 18.0 Å². The summed E-state index contributed by atoms with van der Waals surface area (Å²) in [6.07, 6.45) is -3.47. The van der Waals surface area contributed by atoms with E-state index in [0.717, 1.165) is 4.90 Å². The predicted molar refractivity (Wildman–Crippen MR) is 103 cm³/mol. The van der Waals surface area contributed by atoms with E-state index < -0.39 is 35.7 Å². The first-order valence-corrected chi connectivity index (χ1v) is 9.98. The maximum atomic E-state index is 13.8. The number of ketones is 1. The van der Waals surface area contributed by atoms with E-state index in [9.17, 15) is 27.9 Å². The summed E-state index contributed by atoms with van der Waals surface area (Å²) < 4.78 is 41.5. The zero-order valence-corrected chi connectivity index (χ0v) is 16.5. The summed E-state index contributed by atoms with van der Waals surface area (Å²) in [4.78, 5) is 25.9. The zero-order valence-electron chi connectivity index (χ0n) is 15.0. The summed E-state index contributed by atoms with van der Waals surface area (Å²) in [7, 11) is 0. The van der Waals surface area contributed by atoms with Gasteiger partial charge in [0.25, 0.3) is 0 Å². The summed E-state index contributed by atoms with van der Waals surface area (Å²) in [6.45, 7) is 0. The number of amides is 2. The van der Waals surface area contributed by atoms with Gasteiger partial charge in [-0.1, -0.05) is 23.7 Å². The highest BCUT2D eigenvalue weighted by molar-refractivity contribution is 7.98. The van der Waals surface area contributed by atoms with E-state index in [1.54, 1.807) is 12.1 Å². The van der Waals surface area contributed by atoms with Crippen LogP contribution < -0.4 is 10.6 Å². The molecule has 1 saturated heterocycles. The Morgan fingerprint density at radius 2 is 1.72 bits per heavy atom. The third kappa shape index (κ3) is 4.08. The van der Waals surface area contributed by atoms with Crippen molar-refractivity contribution in [1.29, 1.82) is 0 Å². The van der Waals surface area contributed by atoms with Crippen molar-refractivity contribution in [2.75, 3.05) is 6.26 Å². The van der Waals surface area contributed by atoms with Gasteiger partial charge in [0.2, 0.25) is 5.72 Å². The van der Waals surface area contributed by atoms with Gasteiger partial charge >= 0.3 is 12.2 Å². The third-order valence-corrected chi connectivity index (χ3v) is 5.69. The van der Waals surface area contributed by atoms with Gasteiger partial charge in [0.15, 0.2) is 5.78 Å². The zero-order chi connectivity index (χ0) is 21.4. The van der Waals surface area contributed by atoms with Crippen LogP contribution in [-0.4, -0.2) is 35.1 Å². The van der Waals surface area contributed by atoms with Crippen molar-refractivity contribution in [3.63, 3.8) is 0 Å². The smallest absolute Gasteiger partial charge is 0.363 e. The van der Waals surface area contributed by atoms with Crippen LogP contribution in [0.5, 0.6) is 0 Å². The van der Waals surface area contributed by atoms with Crippen molar-refractivity contribution in [3.05, 3.63) is 64.7 Å². The molecule has 1 aliphatic rings. The van der Waals surface area contributed by atoms with E-state index in [1.165, 1.54) is 53.5 Å². The van der Waals surface area contributed by atoms with E-state index in [2.05, 4.69) is 5.32 Å². The second-order valence-electron chi connectivity index (χ2n) is 6.46. The number of alkyl halides is 3. The van der Waals surface area contributed by atoms with Crippen molar-refractivity contribution in [2.45, 2.75) is 22.8 Å². The molecule has 0 aliphatic carbocycles. The largest absolute Gasteiger partial charge is 0.437 e. The highest BCUT2D eigenvalue weighted by Crippen LogP contribution is 2.44. The molecule has 0 bridgehead atoms. The molecule has 3 N–H and O–H groups in total. The molecule has 2 amide bonds. The average molecular weight is 445 g/mol. The van der Waals surface area contributed by atoms with Crippen molar-refractivity contribution in [2.24, 2.45) is 5.92 Å². The minimum absolute atomic E-state index is 0.0780. The summed E-state index contributed by atoms with van der Waals surface area (Å²) in [5.41, 5.74) is -3.58. The fraction of sp³-hybridized carbons (Fsp3) is 0.263. The maximum absolute atomic E-state index is 13.8. The second-order valence-corrected chi connectivity index (χ2v) is 7.78. The number of urea groups is 1. The molecule has 10 heteroatoms. The summed E-state index contributed by atoms with van der Waals surface area (Å²) in [6, 6.07) is 8.96. The van der Waals surface area contributed by atoms with Crippen LogP contribution in [0.25, 0.3) is 0 Å². The molecular formula is C19H16ClF3N2O3S. The number of aliphatic hydroxyl groups is 1. The van der Waals surface area contributed by atoms with Gasteiger partial charge in [-0.05, 0) is 48.2 Å². The number of benzene rings is 2. The molecule has 3 atom stereocenters. The van der Waals surface area contributed by atoms with Gasteiger partial charge in [0.05, 0.1) is 6.04 Å². The number of halogens is 4. The number of carbonyl (C=O) groups excluding carboxylic acids is 2. The molecule has 1 fully saturated rings. The van der Waals surface area contributed by atoms with Crippen molar-refractivity contribution < 1.29 is 27.9 Å². The Morgan fingerprint density at radius 1 is 1.14 bits per heavy atom. The number of nitrogens with one attached hydrogen (secondary N) is 2. The topological polar surface area (TPSA) is 78.4 Å². The normalized spacial score (nSPS) is 24.6. The number of rotatable bonds is 4. The average Bonchev–Trinajstić information content (AvgIpc) is 2.67. The first kappa shape index (κ1) is 21.5. The Morgan fingerprint density at radius 3 is 2.24 bits per heavy atom. The van der Waals surface area contributed by atoms with Crippen LogP contribution in [0.2, 0.25) is 5.02 Å². The SMILES string of the molecule is CSc1ccc([C@H]2NC(=O)N[C@](O)(C(F)(F)F)[C@@H]2C(=O)c2ccc(Cl)cc2)cc1. The van der Waals surface area contributed by atoms with Crippen molar-refractivity contribution >= 4 is 35.2 Å². The fourth-order valence-electron chi connectivity index (χ4n) is 3.22. The van der Waals surface area contributed by atoms with E-state index in [0.29, 0.717) is 5.02 Å². The summed E-state index contributed by atoms with van der Waals surface area (Å²) >= 11 is 7.22. The number of hydrogen-bond donors (Lipinski definition) is 3. The van der Waals surface area contributed by atoms with E-state index in [4.69, 9.17) is 11.6 Å². The quantitative estimate of drug-likeness (QED) is 0.488. The van der Waals surface area contributed by atoms with Crippen LogP contribution in [0.1, 0.15) is 22.0 Å². The number of hydrogen-bond acceptors (Lipinski definition) is 4. The summed E-state index contributed by atoms with van der Waals surface area (Å²) in [5, 5.41) is 14.6. The van der Waals surface area contributed by atoms with Gasteiger partial charge in [0.1, 0.15) is 5.92 Å². The van der Waals surface area contributed by atoms with E-state index in [-0.39, 0.29) is 11.1 Å². The van der Waals surface area contributed by atoms with E-state index >= 15 is 0 Å². The number of carbonyl (C=O) groups is 2. The standard InChI is InChI=1S/C19H16ClF3N2O3S/c1-29-13-8-4-10(5-9-13)15-14(16(26)11-2-6-12(20)7-3-11)18(28,19(21,22)23)25-17(27)24-15/h2-9,14-15,28H,1H3,(H2,24,25,27)/t14-,15+,18+/m0/s1. The van der Waals surface area contributed by atoms with Crippen LogP contribution in [0, 0.1) is 5.92 Å². The Hall–Kier alpha value is -2.23. The van der Waals surface area contributed by atoms with Gasteiger partial charge in [-0.15, -0.1) is 11.8 Å². The molecule has 3 rings (SSSR count). The highest BCUT2D eigenvalue weighted by Gasteiger charge is 2.66. The Balaban J connectivity index is 2.13. The van der Waals surface area contributed by atoms with Crippen LogP contribution in [0.3, 0.4) is 0 Å². The second kappa shape index (κ2) is 7.89. The molecule has 0 saturated carbocycles. The lowest BCUT2D eigenvalue weighted by molar-refractivity contribution is -0.287. The minimum atomic E-state index is -5.30. The van der Waals surface area contributed by atoms with Crippen LogP contribution in [-0.2, 0) is 0 Å². The number of Topliss-reactive ketones (excluding diaryl/α,β-unsaturated/α-hetero) is 1. The van der Waals surface area contributed by atoms with Crippen molar-refractivity contribution in [3.8, 4) is 0 Å². The molecule has 29 heavy (non-hydrogen) atoms. The minimum Gasteiger partial charge on any atom is -0.363 e. The molecule has 2 aromatic rings. The lowest BCUT2D eigenvalue weighted by Gasteiger charge is -2.45. The van der Waals surface area contributed by atoms with Gasteiger partial charge in [-0.25, -0.2) is 4.79 Å². The van der Waals surface area contributed by atoms with Gasteiger partial charge in [-0.2, -0.15) is 13.2 Å². The molecule has 0 unspecified atom stereocenters. The molecule has 0 aromatic heterocycles. The monoisotopic (exact) mass is 444 g/mol. The molecule has 0 spiro atoms. The van der Waals surface area contributed by atoms with Crippen LogP contribution >= 0.6 is 23.4 Å². The molecule has 0 radical (unpaired) electrons. The predicted octanol–water partition coefficient (Wildman–Crippen LogP) is 4.17. The van der Waals surface area contributed by atoms with E-state index in [1.807, 2.05) is 6.26 Å². The number of thioether (sulfide) groups is 1. The molecular weight excluding hydrogens is 429 g/mol. The fourth-order valence-corrected chi connectivity index (χ4v) is 3.76. The van der Waals surface area contributed by atoms with Crippen molar-refractivity contribution in [1.82, 2.24) is 10.6 Å². The lowest BCUT2D eigenvalue weighted by atomic mass is 9.77. The lowest BCUT2D eigenvalue weighted by Crippen LogP contribution is -2.72. The third-order valence-electron chi connectivity index (χ3n) is 4.69. The molecule has 154 valence electrons. The first-order chi connectivity index (χ1) is 13.6.